The lowest BCUT2D eigenvalue weighted by atomic mass is 10.2. The minimum atomic E-state index is 0.724. The summed E-state index contributed by atoms with van der Waals surface area (Å²) in [6.07, 6.45) is 0. The molecule has 0 aromatic heterocycles. The van der Waals surface area contributed by atoms with Crippen LogP contribution >= 0.6 is 67.8 Å². The Morgan fingerprint density at radius 2 is 1.92 bits per heavy atom. The Morgan fingerprint density at radius 3 is 2.54 bits per heavy atom. The lowest BCUT2D eigenvalue weighted by molar-refractivity contribution is 0.133. The Kier molecular flexibility index (Phi) is 5.80. The predicted octanol–water partition coefficient (Wildman–Crippen LogP) is 4.04. The van der Waals surface area contributed by atoms with Crippen LogP contribution in [0.15, 0.2) is 12.1 Å². The van der Waals surface area contributed by atoms with Crippen molar-refractivity contribution in [2.24, 2.45) is 0 Å². The summed E-state index contributed by atoms with van der Waals surface area (Å²) in [6, 6.07) is 4.36. The average molecular weight is 514 g/mol. The van der Waals surface area contributed by atoms with Gasteiger partial charge in [0.05, 0.1) is 6.61 Å². The van der Waals surface area contributed by atoms with Gasteiger partial charge in [0.2, 0.25) is 0 Å². The highest BCUT2D eigenvalue weighted by Crippen LogP contribution is 2.23. The molecule has 0 aliphatic heterocycles. The molecule has 0 aliphatic carbocycles. The van der Waals surface area contributed by atoms with Crippen LogP contribution in [0.4, 0.5) is 0 Å². The fourth-order valence-electron chi connectivity index (χ4n) is 0.926. The highest BCUT2D eigenvalue weighted by atomic mass is 127. The van der Waals surface area contributed by atoms with Crippen molar-refractivity contribution in [3.8, 4) is 0 Å². The lowest BCUT2D eigenvalue weighted by Crippen LogP contribution is -1.97. The predicted molar refractivity (Wildman–Crippen MR) is 79.9 cm³/mol. The molecule has 0 heterocycles. The smallest absolute Gasteiger partial charge is 0.0727 e. The Balaban J connectivity index is 2.92. The minimum Gasteiger partial charge on any atom is -0.377 e. The molecule has 72 valence electrons. The maximum absolute atomic E-state index is 5.40. The van der Waals surface area contributed by atoms with Gasteiger partial charge in [0, 0.05) is 17.3 Å². The summed E-state index contributed by atoms with van der Waals surface area (Å²) in [5, 5.41) is 0. The van der Waals surface area contributed by atoms with Gasteiger partial charge in [-0.15, -0.1) is 0 Å². The second-order valence-electron chi connectivity index (χ2n) is 2.50. The molecule has 0 atom stereocenters. The van der Waals surface area contributed by atoms with Crippen LogP contribution in [0.25, 0.3) is 0 Å². The molecule has 1 aromatic rings. The molecule has 0 aliphatic rings. The van der Waals surface area contributed by atoms with E-state index in [1.165, 1.54) is 16.3 Å². The summed E-state index contributed by atoms with van der Waals surface area (Å²) >= 11 is 7.07. The molecule has 0 radical (unpaired) electrons. The van der Waals surface area contributed by atoms with E-state index in [9.17, 15) is 0 Å². The monoisotopic (exact) mass is 514 g/mol. The van der Waals surface area contributed by atoms with E-state index in [-0.39, 0.29) is 0 Å². The van der Waals surface area contributed by atoms with Crippen LogP contribution in [0.1, 0.15) is 12.5 Å². The maximum atomic E-state index is 5.40. The van der Waals surface area contributed by atoms with Crippen LogP contribution in [-0.4, -0.2) is 6.61 Å². The third kappa shape index (κ3) is 3.78. The molecule has 0 saturated heterocycles. The number of hydrogen-bond donors (Lipinski definition) is 0. The Bertz CT molecular complexity index is 299. The molecule has 0 N–H and O–H groups in total. The Hall–Kier alpha value is 1.37. The van der Waals surface area contributed by atoms with Gasteiger partial charge >= 0.3 is 0 Å². The zero-order valence-corrected chi connectivity index (χ0v) is 13.6. The second kappa shape index (κ2) is 6.06. The van der Waals surface area contributed by atoms with E-state index in [0.717, 1.165) is 13.2 Å². The first-order valence-electron chi connectivity index (χ1n) is 3.86. The SMILES string of the molecule is CCOCc1cc(I)cc(I)c1I. The van der Waals surface area contributed by atoms with Crippen molar-refractivity contribution in [3.63, 3.8) is 0 Å². The first-order chi connectivity index (χ1) is 6.15. The average Bonchev–Trinajstić information content (AvgIpc) is 2.09. The molecule has 0 saturated carbocycles. The first-order valence-corrected chi connectivity index (χ1v) is 7.10. The molecule has 0 spiro atoms. The summed E-state index contributed by atoms with van der Waals surface area (Å²) in [5.74, 6) is 0. The largest absolute Gasteiger partial charge is 0.377 e. The van der Waals surface area contributed by atoms with Crippen LogP contribution in [0.3, 0.4) is 0 Å². The Morgan fingerprint density at radius 1 is 1.23 bits per heavy atom. The van der Waals surface area contributed by atoms with Crippen LogP contribution in [0.2, 0.25) is 0 Å². The van der Waals surface area contributed by atoms with E-state index in [0.29, 0.717) is 0 Å². The van der Waals surface area contributed by atoms with Crippen molar-refractivity contribution >= 4 is 67.8 Å². The van der Waals surface area contributed by atoms with E-state index < -0.39 is 0 Å². The molecule has 1 nitrogen and oxygen atoms in total. The molecule has 13 heavy (non-hydrogen) atoms. The molecule has 0 bridgehead atoms. The molecule has 4 heteroatoms. The second-order valence-corrected chi connectivity index (χ2v) is 5.98. The van der Waals surface area contributed by atoms with Gasteiger partial charge in [-0.25, -0.2) is 0 Å². The minimum absolute atomic E-state index is 0.724. The van der Waals surface area contributed by atoms with Crippen molar-refractivity contribution in [3.05, 3.63) is 28.4 Å². The van der Waals surface area contributed by atoms with Crippen molar-refractivity contribution in [2.45, 2.75) is 13.5 Å². The zero-order valence-electron chi connectivity index (χ0n) is 7.11. The van der Waals surface area contributed by atoms with Gasteiger partial charge < -0.3 is 4.74 Å². The van der Waals surface area contributed by atoms with Gasteiger partial charge in [-0.3, -0.25) is 0 Å². The lowest BCUT2D eigenvalue weighted by Gasteiger charge is -2.07. The van der Waals surface area contributed by atoms with E-state index in [1.807, 2.05) is 6.92 Å². The maximum Gasteiger partial charge on any atom is 0.0727 e. The van der Waals surface area contributed by atoms with E-state index in [2.05, 4.69) is 79.9 Å². The van der Waals surface area contributed by atoms with Crippen LogP contribution in [0, 0.1) is 10.7 Å². The number of rotatable bonds is 3. The molecule has 0 amide bonds. The number of halogens is 3. The molecular formula is C9H9I3O. The highest BCUT2D eigenvalue weighted by Gasteiger charge is 2.05. The first kappa shape index (κ1) is 12.4. The summed E-state index contributed by atoms with van der Waals surface area (Å²) in [4.78, 5) is 0. The van der Waals surface area contributed by atoms with Crippen molar-refractivity contribution < 1.29 is 4.74 Å². The quantitative estimate of drug-likeness (QED) is 0.438. The molecular weight excluding hydrogens is 505 g/mol. The van der Waals surface area contributed by atoms with Crippen molar-refractivity contribution in [2.75, 3.05) is 6.61 Å². The molecule has 1 rings (SSSR count). The van der Waals surface area contributed by atoms with Gasteiger partial charge in [0.1, 0.15) is 0 Å². The van der Waals surface area contributed by atoms with Gasteiger partial charge in [-0.05, 0) is 92.4 Å². The van der Waals surface area contributed by atoms with Gasteiger partial charge in [-0.1, -0.05) is 0 Å². The molecule has 0 unspecified atom stereocenters. The highest BCUT2D eigenvalue weighted by molar-refractivity contribution is 14.1. The number of benzene rings is 1. The van der Waals surface area contributed by atoms with Gasteiger partial charge in [0.25, 0.3) is 0 Å². The summed E-state index contributed by atoms with van der Waals surface area (Å²) in [6.45, 7) is 3.52. The summed E-state index contributed by atoms with van der Waals surface area (Å²) in [5.41, 5.74) is 1.29. The normalized spacial score (nSPS) is 10.5. The number of ether oxygens (including phenoxy) is 1. The summed E-state index contributed by atoms with van der Waals surface area (Å²) < 4.78 is 9.29. The van der Waals surface area contributed by atoms with Crippen LogP contribution in [0.5, 0.6) is 0 Å². The topological polar surface area (TPSA) is 9.23 Å². The van der Waals surface area contributed by atoms with Gasteiger partial charge in [0.15, 0.2) is 0 Å². The fraction of sp³-hybridized carbons (Fsp3) is 0.333. The number of hydrogen-bond acceptors (Lipinski definition) is 1. The van der Waals surface area contributed by atoms with Crippen molar-refractivity contribution in [1.29, 1.82) is 0 Å². The molecule has 1 aromatic carbocycles. The fourth-order valence-corrected chi connectivity index (χ4v) is 3.36. The van der Waals surface area contributed by atoms with Crippen LogP contribution in [-0.2, 0) is 11.3 Å². The van der Waals surface area contributed by atoms with E-state index >= 15 is 0 Å². The van der Waals surface area contributed by atoms with E-state index in [1.54, 1.807) is 0 Å². The molecule has 0 fully saturated rings. The van der Waals surface area contributed by atoms with Gasteiger partial charge in [-0.2, -0.15) is 0 Å². The van der Waals surface area contributed by atoms with E-state index in [4.69, 9.17) is 4.74 Å². The summed E-state index contributed by atoms with van der Waals surface area (Å²) in [7, 11) is 0. The third-order valence-corrected chi connectivity index (χ3v) is 5.31. The van der Waals surface area contributed by atoms with Crippen molar-refractivity contribution in [1.82, 2.24) is 0 Å². The Labute approximate surface area is 119 Å². The zero-order chi connectivity index (χ0) is 9.84. The third-order valence-electron chi connectivity index (χ3n) is 1.53. The van der Waals surface area contributed by atoms with Crippen LogP contribution < -0.4 is 0 Å². The standard InChI is InChI=1S/C9H9I3O/c1-2-13-5-6-3-7(10)4-8(11)9(6)12/h3-4H,2,5H2,1H3.